The van der Waals surface area contributed by atoms with Gasteiger partial charge < -0.3 is 5.32 Å². The molecule has 2 heterocycles. The van der Waals surface area contributed by atoms with E-state index < -0.39 is 0 Å². The summed E-state index contributed by atoms with van der Waals surface area (Å²) in [5, 5.41) is 8.21. The molecule has 2 aromatic rings. The normalized spacial score (nSPS) is 22.6. The third kappa shape index (κ3) is 3.95. The highest BCUT2D eigenvalue weighted by Crippen LogP contribution is 2.47. The summed E-state index contributed by atoms with van der Waals surface area (Å²) >= 11 is 6.00. The van der Waals surface area contributed by atoms with Crippen LogP contribution in [0.5, 0.6) is 0 Å². The molecule has 1 N–H and O–H groups in total. The van der Waals surface area contributed by atoms with Gasteiger partial charge in [-0.1, -0.05) is 37.1 Å². The van der Waals surface area contributed by atoms with Gasteiger partial charge >= 0.3 is 5.69 Å². The standard InChI is InChI=1S/C20H25ClN4O2/c1-13-11-16(13)19(14-6-8-15(21)9-7-14)22-18(26)12-25-20(27)24-10-4-2-3-5-17(24)23-25/h6-9,13,16,19H,2-5,10-12H2,1H3,(H,22,26)/t13-,16+,19+/m1/s1. The Labute approximate surface area is 163 Å². The Morgan fingerprint density at radius 3 is 2.74 bits per heavy atom. The van der Waals surface area contributed by atoms with Crippen molar-refractivity contribution in [2.45, 2.75) is 58.2 Å². The smallest absolute Gasteiger partial charge is 0.346 e. The number of carbonyl (C=O) groups is 1. The van der Waals surface area contributed by atoms with Gasteiger partial charge in [-0.15, -0.1) is 0 Å². The second kappa shape index (κ2) is 7.50. The monoisotopic (exact) mass is 388 g/mol. The number of nitrogens with one attached hydrogen (secondary N) is 1. The van der Waals surface area contributed by atoms with Crippen LogP contribution in [-0.2, 0) is 24.3 Å². The minimum atomic E-state index is -0.176. The van der Waals surface area contributed by atoms with Crippen molar-refractivity contribution in [1.82, 2.24) is 19.7 Å². The quantitative estimate of drug-likeness (QED) is 0.856. The molecule has 1 aromatic heterocycles. The first-order valence-electron chi connectivity index (χ1n) is 9.74. The lowest BCUT2D eigenvalue weighted by Gasteiger charge is -2.19. The van der Waals surface area contributed by atoms with Crippen LogP contribution in [0, 0.1) is 11.8 Å². The van der Waals surface area contributed by atoms with Gasteiger partial charge in [-0.3, -0.25) is 9.36 Å². The van der Waals surface area contributed by atoms with Crippen molar-refractivity contribution in [3.63, 3.8) is 0 Å². The van der Waals surface area contributed by atoms with Crippen LogP contribution in [0.15, 0.2) is 29.1 Å². The fourth-order valence-electron chi connectivity index (χ4n) is 4.01. The van der Waals surface area contributed by atoms with Gasteiger partial charge in [0.2, 0.25) is 5.91 Å². The van der Waals surface area contributed by atoms with Gasteiger partial charge in [0, 0.05) is 18.0 Å². The predicted octanol–water partition coefficient (Wildman–Crippen LogP) is 2.94. The van der Waals surface area contributed by atoms with E-state index in [4.69, 9.17) is 11.6 Å². The van der Waals surface area contributed by atoms with Gasteiger partial charge in [0.05, 0.1) is 6.04 Å². The number of benzene rings is 1. The van der Waals surface area contributed by atoms with Crippen LogP contribution in [0.4, 0.5) is 0 Å². The third-order valence-electron chi connectivity index (χ3n) is 5.72. The van der Waals surface area contributed by atoms with E-state index in [1.165, 1.54) is 4.68 Å². The molecule has 1 aromatic carbocycles. The van der Waals surface area contributed by atoms with Crippen LogP contribution in [-0.4, -0.2) is 20.3 Å². The Morgan fingerprint density at radius 2 is 2.04 bits per heavy atom. The highest BCUT2D eigenvalue weighted by molar-refractivity contribution is 6.30. The molecule has 144 valence electrons. The highest BCUT2D eigenvalue weighted by atomic mass is 35.5. The molecule has 1 amide bonds. The molecule has 3 atom stereocenters. The molecule has 2 aliphatic rings. The summed E-state index contributed by atoms with van der Waals surface area (Å²) < 4.78 is 3.03. The average Bonchev–Trinajstić information content (AvgIpc) is 3.36. The molecule has 1 saturated carbocycles. The zero-order chi connectivity index (χ0) is 19.0. The number of hydrogen-bond acceptors (Lipinski definition) is 3. The number of hydrogen-bond donors (Lipinski definition) is 1. The van der Waals surface area contributed by atoms with E-state index in [2.05, 4.69) is 17.3 Å². The van der Waals surface area contributed by atoms with Gasteiger partial charge in [-0.2, -0.15) is 5.10 Å². The van der Waals surface area contributed by atoms with E-state index in [0.29, 0.717) is 23.4 Å². The van der Waals surface area contributed by atoms with Crippen LogP contribution in [0.2, 0.25) is 5.02 Å². The number of aromatic nitrogens is 3. The summed E-state index contributed by atoms with van der Waals surface area (Å²) in [5.41, 5.74) is 0.875. The summed E-state index contributed by atoms with van der Waals surface area (Å²) in [4.78, 5) is 25.3. The van der Waals surface area contributed by atoms with Gasteiger partial charge in [0.15, 0.2) is 0 Å². The zero-order valence-electron chi connectivity index (χ0n) is 15.5. The number of halogens is 1. The minimum absolute atomic E-state index is 0.0377. The Bertz CT molecular complexity index is 886. The predicted molar refractivity (Wildman–Crippen MR) is 104 cm³/mol. The van der Waals surface area contributed by atoms with Gasteiger partial charge in [-0.25, -0.2) is 9.48 Å². The Hall–Kier alpha value is -2.08. The van der Waals surface area contributed by atoms with Crippen molar-refractivity contribution in [3.05, 3.63) is 51.2 Å². The molecule has 0 radical (unpaired) electrons. The molecular weight excluding hydrogens is 364 g/mol. The molecule has 4 rings (SSSR count). The van der Waals surface area contributed by atoms with E-state index in [1.807, 2.05) is 24.3 Å². The first-order valence-corrected chi connectivity index (χ1v) is 10.1. The Kier molecular flexibility index (Phi) is 5.08. The second-order valence-electron chi connectivity index (χ2n) is 7.79. The van der Waals surface area contributed by atoms with Crippen LogP contribution in [0.25, 0.3) is 0 Å². The SMILES string of the molecule is C[C@@H]1C[C@@H]1[C@@H](NC(=O)Cn1nc2n(c1=O)CCCCC2)c1ccc(Cl)cc1. The molecule has 0 bridgehead atoms. The van der Waals surface area contributed by atoms with E-state index in [-0.39, 0.29) is 24.2 Å². The Morgan fingerprint density at radius 1 is 1.30 bits per heavy atom. The van der Waals surface area contributed by atoms with Crippen LogP contribution < -0.4 is 11.0 Å². The number of amides is 1. The van der Waals surface area contributed by atoms with Crippen molar-refractivity contribution in [1.29, 1.82) is 0 Å². The van der Waals surface area contributed by atoms with Crippen molar-refractivity contribution in [3.8, 4) is 0 Å². The zero-order valence-corrected chi connectivity index (χ0v) is 16.3. The van der Waals surface area contributed by atoms with E-state index >= 15 is 0 Å². The maximum atomic E-state index is 12.7. The summed E-state index contributed by atoms with van der Waals surface area (Å²) in [6.07, 6.45) is 5.04. The maximum absolute atomic E-state index is 12.7. The molecule has 1 aliphatic heterocycles. The van der Waals surface area contributed by atoms with Crippen molar-refractivity contribution in [2.75, 3.05) is 0 Å². The topological polar surface area (TPSA) is 68.9 Å². The number of fused-ring (bicyclic) bond motifs is 1. The summed E-state index contributed by atoms with van der Waals surface area (Å²) in [7, 11) is 0. The highest BCUT2D eigenvalue weighted by Gasteiger charge is 2.41. The molecule has 1 aliphatic carbocycles. The van der Waals surface area contributed by atoms with Gasteiger partial charge in [0.25, 0.3) is 0 Å². The lowest BCUT2D eigenvalue weighted by molar-refractivity contribution is -0.122. The van der Waals surface area contributed by atoms with Gasteiger partial charge in [0.1, 0.15) is 12.4 Å². The van der Waals surface area contributed by atoms with Crippen molar-refractivity contribution in [2.24, 2.45) is 11.8 Å². The van der Waals surface area contributed by atoms with E-state index in [1.54, 1.807) is 4.57 Å². The molecule has 0 saturated heterocycles. The van der Waals surface area contributed by atoms with Crippen LogP contribution in [0.1, 0.15) is 50.0 Å². The van der Waals surface area contributed by atoms with Gasteiger partial charge in [-0.05, 0) is 48.8 Å². The summed E-state index contributed by atoms with van der Waals surface area (Å²) in [6, 6.07) is 7.56. The summed E-state index contributed by atoms with van der Waals surface area (Å²) in [6.45, 7) is 2.85. The lowest BCUT2D eigenvalue weighted by Crippen LogP contribution is -2.36. The first kappa shape index (κ1) is 18.3. The fourth-order valence-corrected chi connectivity index (χ4v) is 4.13. The molecule has 1 fully saturated rings. The number of nitrogens with zero attached hydrogens (tertiary/aromatic N) is 3. The van der Waals surface area contributed by atoms with Crippen molar-refractivity contribution >= 4 is 17.5 Å². The Balaban J connectivity index is 1.49. The average molecular weight is 389 g/mol. The van der Waals surface area contributed by atoms with Crippen molar-refractivity contribution < 1.29 is 4.79 Å². The number of rotatable bonds is 5. The lowest BCUT2D eigenvalue weighted by atomic mass is 10.0. The third-order valence-corrected chi connectivity index (χ3v) is 5.97. The van der Waals surface area contributed by atoms with Crippen LogP contribution >= 0.6 is 11.6 Å². The minimum Gasteiger partial charge on any atom is -0.347 e. The first-order chi connectivity index (χ1) is 13.0. The largest absolute Gasteiger partial charge is 0.347 e. The molecule has 7 heteroatoms. The van der Waals surface area contributed by atoms with E-state index in [9.17, 15) is 9.59 Å². The molecular formula is C20H25ClN4O2. The molecule has 0 spiro atoms. The fraction of sp³-hybridized carbons (Fsp3) is 0.550. The van der Waals surface area contributed by atoms with E-state index in [0.717, 1.165) is 43.5 Å². The van der Waals surface area contributed by atoms with Crippen LogP contribution in [0.3, 0.4) is 0 Å². The molecule has 6 nitrogen and oxygen atoms in total. The number of aryl methyl sites for hydroxylation is 1. The molecule has 27 heavy (non-hydrogen) atoms. The maximum Gasteiger partial charge on any atom is 0.346 e. The second-order valence-corrected chi connectivity index (χ2v) is 8.23. The number of carbonyl (C=O) groups excluding carboxylic acids is 1. The summed E-state index contributed by atoms with van der Waals surface area (Å²) in [5.74, 6) is 1.63. The molecule has 0 unspecified atom stereocenters.